The summed E-state index contributed by atoms with van der Waals surface area (Å²) in [4.78, 5) is 24.2. The van der Waals surface area contributed by atoms with E-state index in [1.54, 1.807) is 48.5 Å². The van der Waals surface area contributed by atoms with E-state index in [4.69, 9.17) is 37.1 Å². The minimum atomic E-state index is -0.518. The van der Waals surface area contributed by atoms with Gasteiger partial charge in [0.15, 0.2) is 5.76 Å². The van der Waals surface area contributed by atoms with Crippen LogP contribution < -0.4 is 20.1 Å². The van der Waals surface area contributed by atoms with Gasteiger partial charge < -0.3 is 24.5 Å². The summed E-state index contributed by atoms with van der Waals surface area (Å²) in [5, 5.41) is 6.10. The summed E-state index contributed by atoms with van der Waals surface area (Å²) in [5.74, 6) is 0.726. The Morgan fingerprint density at radius 2 is 1.80 bits per heavy atom. The smallest absolute Gasteiger partial charge is 0.287 e. The first-order valence-electron chi connectivity index (χ1n) is 8.83. The third kappa shape index (κ3) is 5.92. The molecule has 3 rings (SSSR count). The van der Waals surface area contributed by atoms with Crippen LogP contribution in [0.3, 0.4) is 0 Å². The molecule has 1 heterocycles. The average Bonchev–Trinajstić information content (AvgIpc) is 3.21. The maximum Gasteiger partial charge on any atom is 0.287 e. The summed E-state index contributed by atoms with van der Waals surface area (Å²) in [6, 6.07) is 14.9. The molecule has 0 spiro atoms. The number of anilines is 1. The molecule has 0 saturated heterocycles. The lowest BCUT2D eigenvalue weighted by atomic mass is 10.3. The number of ether oxygens (including phenoxy) is 2. The van der Waals surface area contributed by atoms with E-state index in [9.17, 15) is 9.59 Å². The first-order chi connectivity index (χ1) is 14.4. The predicted octanol–water partition coefficient (Wildman–Crippen LogP) is 4.54. The second-order valence-electron chi connectivity index (χ2n) is 6.09. The molecule has 0 radical (unpaired) electrons. The molecule has 0 aliphatic heterocycles. The fourth-order valence-corrected chi connectivity index (χ4v) is 2.84. The van der Waals surface area contributed by atoms with Crippen LogP contribution in [-0.2, 0) is 11.4 Å². The minimum Gasteiger partial charge on any atom is -0.495 e. The molecule has 0 bridgehead atoms. The number of methoxy groups -OCH3 is 1. The topological polar surface area (TPSA) is 89.8 Å². The summed E-state index contributed by atoms with van der Waals surface area (Å²) in [6.07, 6.45) is 0. The van der Waals surface area contributed by atoms with E-state index in [0.29, 0.717) is 33.0 Å². The SMILES string of the molecule is COc1ccc(NC(=O)CNC(=O)c2ccc(COc3ccc(Cl)cc3)o2)cc1Cl. The molecule has 1 aromatic heterocycles. The lowest BCUT2D eigenvalue weighted by Crippen LogP contribution is -2.32. The Morgan fingerprint density at radius 1 is 1.03 bits per heavy atom. The van der Waals surface area contributed by atoms with Crippen molar-refractivity contribution >= 4 is 40.7 Å². The van der Waals surface area contributed by atoms with Crippen molar-refractivity contribution in [3.63, 3.8) is 0 Å². The molecule has 0 aliphatic rings. The van der Waals surface area contributed by atoms with E-state index in [-0.39, 0.29) is 18.9 Å². The van der Waals surface area contributed by atoms with Gasteiger partial charge in [0.25, 0.3) is 5.91 Å². The second kappa shape index (κ2) is 10.0. The van der Waals surface area contributed by atoms with Gasteiger partial charge in [-0.3, -0.25) is 9.59 Å². The van der Waals surface area contributed by atoms with E-state index in [0.717, 1.165) is 0 Å². The molecule has 156 valence electrons. The number of nitrogens with one attached hydrogen (secondary N) is 2. The monoisotopic (exact) mass is 448 g/mol. The molecule has 0 fully saturated rings. The molecule has 0 unspecified atom stereocenters. The van der Waals surface area contributed by atoms with Crippen LogP contribution in [0.25, 0.3) is 0 Å². The number of hydrogen-bond acceptors (Lipinski definition) is 5. The minimum absolute atomic E-state index is 0.0741. The summed E-state index contributed by atoms with van der Waals surface area (Å²) in [5.41, 5.74) is 0.486. The fourth-order valence-electron chi connectivity index (χ4n) is 2.46. The quantitative estimate of drug-likeness (QED) is 0.527. The fraction of sp³-hybridized carbons (Fsp3) is 0.143. The highest BCUT2D eigenvalue weighted by molar-refractivity contribution is 6.32. The first kappa shape index (κ1) is 21.5. The molecule has 9 heteroatoms. The number of benzene rings is 2. The van der Waals surface area contributed by atoms with Crippen molar-refractivity contribution in [2.45, 2.75) is 6.61 Å². The highest BCUT2D eigenvalue weighted by Crippen LogP contribution is 2.27. The molecular formula is C21H18Cl2N2O5. The highest BCUT2D eigenvalue weighted by Gasteiger charge is 2.13. The number of carbonyl (C=O) groups excluding carboxylic acids is 2. The van der Waals surface area contributed by atoms with E-state index >= 15 is 0 Å². The van der Waals surface area contributed by atoms with E-state index in [2.05, 4.69) is 10.6 Å². The number of hydrogen-bond donors (Lipinski definition) is 2. The van der Waals surface area contributed by atoms with Crippen molar-refractivity contribution in [1.29, 1.82) is 0 Å². The van der Waals surface area contributed by atoms with Gasteiger partial charge in [-0.15, -0.1) is 0 Å². The van der Waals surface area contributed by atoms with Crippen LogP contribution >= 0.6 is 23.2 Å². The molecule has 2 N–H and O–H groups in total. The summed E-state index contributed by atoms with van der Waals surface area (Å²) >= 11 is 11.8. The number of amides is 2. The zero-order valence-corrected chi connectivity index (χ0v) is 17.4. The molecule has 0 atom stereocenters. The number of halogens is 2. The molecule has 7 nitrogen and oxygen atoms in total. The van der Waals surface area contributed by atoms with Crippen LogP contribution in [0.4, 0.5) is 5.69 Å². The van der Waals surface area contributed by atoms with Gasteiger partial charge in [0.1, 0.15) is 23.9 Å². The second-order valence-corrected chi connectivity index (χ2v) is 6.93. The molecule has 2 amide bonds. The van der Waals surface area contributed by atoms with Crippen molar-refractivity contribution < 1.29 is 23.5 Å². The van der Waals surface area contributed by atoms with Crippen LogP contribution in [0, 0.1) is 0 Å². The van der Waals surface area contributed by atoms with Crippen LogP contribution in [0.15, 0.2) is 59.0 Å². The van der Waals surface area contributed by atoms with Gasteiger partial charge in [0, 0.05) is 10.7 Å². The Morgan fingerprint density at radius 3 is 2.50 bits per heavy atom. The number of carbonyl (C=O) groups is 2. The first-order valence-corrected chi connectivity index (χ1v) is 9.59. The lowest BCUT2D eigenvalue weighted by Gasteiger charge is -2.08. The summed E-state index contributed by atoms with van der Waals surface area (Å²) < 4.78 is 16.1. The number of rotatable bonds is 8. The Hall–Kier alpha value is -3.16. The van der Waals surface area contributed by atoms with E-state index in [1.807, 2.05) is 0 Å². The third-order valence-electron chi connectivity index (χ3n) is 3.93. The molecule has 3 aromatic rings. The standard InChI is InChI=1S/C21H18Cl2N2O5/c1-28-18-8-4-14(10-17(18)23)25-20(26)11-24-21(27)19-9-7-16(30-19)12-29-15-5-2-13(22)3-6-15/h2-10H,11-12H2,1H3,(H,24,27)(H,25,26). The van der Waals surface area contributed by atoms with E-state index in [1.165, 1.54) is 13.2 Å². The Balaban J connectivity index is 1.47. The van der Waals surface area contributed by atoms with Gasteiger partial charge in [-0.1, -0.05) is 23.2 Å². The van der Waals surface area contributed by atoms with Crippen molar-refractivity contribution in [1.82, 2.24) is 5.32 Å². The zero-order valence-electron chi connectivity index (χ0n) is 15.9. The van der Waals surface area contributed by atoms with Gasteiger partial charge in [-0.2, -0.15) is 0 Å². The normalized spacial score (nSPS) is 10.4. The maximum atomic E-state index is 12.2. The highest BCUT2D eigenvalue weighted by atomic mass is 35.5. The summed E-state index contributed by atoms with van der Waals surface area (Å²) in [6.45, 7) is -0.0899. The van der Waals surface area contributed by atoms with Crippen LogP contribution in [0.1, 0.15) is 16.3 Å². The van der Waals surface area contributed by atoms with Gasteiger partial charge >= 0.3 is 0 Å². The summed E-state index contributed by atoms with van der Waals surface area (Å²) in [7, 11) is 1.50. The van der Waals surface area contributed by atoms with Crippen molar-refractivity contribution in [2.24, 2.45) is 0 Å². The Kier molecular flexibility index (Phi) is 7.21. The third-order valence-corrected chi connectivity index (χ3v) is 4.47. The van der Waals surface area contributed by atoms with Gasteiger partial charge in [-0.25, -0.2) is 0 Å². The molecular weight excluding hydrogens is 431 g/mol. The van der Waals surface area contributed by atoms with Crippen LogP contribution in [-0.4, -0.2) is 25.5 Å². The molecule has 2 aromatic carbocycles. The average molecular weight is 449 g/mol. The molecule has 30 heavy (non-hydrogen) atoms. The van der Waals surface area contributed by atoms with Gasteiger partial charge in [-0.05, 0) is 54.6 Å². The van der Waals surface area contributed by atoms with Gasteiger partial charge in [0.05, 0.1) is 18.7 Å². The Bertz CT molecular complexity index is 1030. The van der Waals surface area contributed by atoms with Crippen molar-refractivity contribution in [2.75, 3.05) is 19.0 Å². The number of furan rings is 1. The van der Waals surface area contributed by atoms with Crippen molar-refractivity contribution in [3.05, 3.63) is 76.2 Å². The zero-order chi connectivity index (χ0) is 21.5. The predicted molar refractivity (Wildman–Crippen MR) is 113 cm³/mol. The molecule has 0 saturated carbocycles. The van der Waals surface area contributed by atoms with Gasteiger partial charge in [0.2, 0.25) is 5.91 Å². The Labute approximate surface area is 182 Å². The van der Waals surface area contributed by atoms with Crippen LogP contribution in [0.5, 0.6) is 11.5 Å². The molecule has 0 aliphatic carbocycles. The lowest BCUT2D eigenvalue weighted by molar-refractivity contribution is -0.115. The maximum absolute atomic E-state index is 12.2. The van der Waals surface area contributed by atoms with Crippen molar-refractivity contribution in [3.8, 4) is 11.5 Å². The largest absolute Gasteiger partial charge is 0.495 e. The van der Waals surface area contributed by atoms with Crippen LogP contribution in [0.2, 0.25) is 10.0 Å². The van der Waals surface area contributed by atoms with E-state index < -0.39 is 11.8 Å².